The number of benzene rings is 2. The average molecular weight is 399 g/mol. The van der Waals surface area contributed by atoms with Gasteiger partial charge in [0.2, 0.25) is 0 Å². The molecule has 2 aromatic carbocycles. The molecule has 0 spiro atoms. The molecule has 158 valence electrons. The smallest absolute Gasteiger partial charge is 0.343 e. The molecular formula is C25H34O4. The molecular weight excluding hydrogens is 364 g/mol. The molecule has 2 rings (SSSR count). The largest absolute Gasteiger partial charge is 0.494 e. The average Bonchev–Trinajstić information content (AvgIpc) is 2.75. The fourth-order valence-corrected chi connectivity index (χ4v) is 2.89. The summed E-state index contributed by atoms with van der Waals surface area (Å²) in [4.78, 5) is 12.3. The number of ether oxygens (including phenoxy) is 3. The van der Waals surface area contributed by atoms with Crippen molar-refractivity contribution in [3.63, 3.8) is 0 Å². The summed E-state index contributed by atoms with van der Waals surface area (Å²) < 4.78 is 16.9. The van der Waals surface area contributed by atoms with Gasteiger partial charge in [-0.2, -0.15) is 0 Å². The van der Waals surface area contributed by atoms with Gasteiger partial charge in [-0.3, -0.25) is 0 Å². The molecule has 0 aliphatic rings. The lowest BCUT2D eigenvalue weighted by Gasteiger charge is -2.09. The van der Waals surface area contributed by atoms with E-state index in [1.165, 1.54) is 38.5 Å². The van der Waals surface area contributed by atoms with Gasteiger partial charge < -0.3 is 14.2 Å². The minimum atomic E-state index is -0.382. The highest BCUT2D eigenvalue weighted by Gasteiger charge is 2.09. The molecule has 0 bridgehead atoms. The molecule has 4 heteroatoms. The zero-order valence-electron chi connectivity index (χ0n) is 17.8. The SMILES string of the molecule is CCCCCCOc1ccc(OC(=O)c2ccc(OCCCCCC)cc2)cc1. The zero-order chi connectivity index (χ0) is 20.7. The lowest BCUT2D eigenvalue weighted by molar-refractivity contribution is 0.0734. The van der Waals surface area contributed by atoms with Crippen LogP contribution in [-0.2, 0) is 0 Å². The number of unbranched alkanes of at least 4 members (excludes halogenated alkanes) is 6. The van der Waals surface area contributed by atoms with Crippen LogP contribution in [0.15, 0.2) is 48.5 Å². The van der Waals surface area contributed by atoms with Crippen molar-refractivity contribution in [2.75, 3.05) is 13.2 Å². The minimum absolute atomic E-state index is 0.382. The Kier molecular flexibility index (Phi) is 10.7. The van der Waals surface area contributed by atoms with E-state index in [-0.39, 0.29) is 5.97 Å². The van der Waals surface area contributed by atoms with Crippen molar-refractivity contribution in [2.45, 2.75) is 65.2 Å². The van der Waals surface area contributed by atoms with Gasteiger partial charge in [-0.25, -0.2) is 4.79 Å². The summed E-state index contributed by atoms with van der Waals surface area (Å²) in [6.45, 7) is 5.80. The Morgan fingerprint density at radius 1 is 0.621 bits per heavy atom. The molecule has 0 saturated heterocycles. The minimum Gasteiger partial charge on any atom is -0.494 e. The third-order valence-corrected chi connectivity index (χ3v) is 4.66. The molecule has 2 aromatic rings. The quantitative estimate of drug-likeness (QED) is 0.199. The molecule has 0 atom stereocenters. The Bertz CT molecular complexity index is 692. The summed E-state index contributed by atoms with van der Waals surface area (Å²) >= 11 is 0. The Balaban J connectivity index is 1.74. The third-order valence-electron chi connectivity index (χ3n) is 4.66. The van der Waals surface area contributed by atoms with Crippen molar-refractivity contribution in [3.8, 4) is 17.2 Å². The Morgan fingerprint density at radius 3 is 1.55 bits per heavy atom. The lowest BCUT2D eigenvalue weighted by atomic mass is 10.2. The highest BCUT2D eigenvalue weighted by atomic mass is 16.5. The second kappa shape index (κ2) is 13.6. The van der Waals surface area contributed by atoms with Crippen LogP contribution in [-0.4, -0.2) is 19.2 Å². The van der Waals surface area contributed by atoms with Crippen LogP contribution in [0.1, 0.15) is 75.6 Å². The van der Waals surface area contributed by atoms with Gasteiger partial charge in [0.25, 0.3) is 0 Å². The fraction of sp³-hybridized carbons (Fsp3) is 0.480. The standard InChI is InChI=1S/C25H34O4/c1-3-5-7-9-19-27-22-13-11-21(12-14-22)25(26)29-24-17-15-23(16-18-24)28-20-10-8-6-4-2/h11-18H,3-10,19-20H2,1-2H3. The van der Waals surface area contributed by atoms with E-state index in [4.69, 9.17) is 14.2 Å². The van der Waals surface area contributed by atoms with Crippen molar-refractivity contribution >= 4 is 5.97 Å². The molecule has 0 aliphatic heterocycles. The maximum atomic E-state index is 12.3. The van der Waals surface area contributed by atoms with Crippen LogP contribution in [0.4, 0.5) is 0 Å². The van der Waals surface area contributed by atoms with Gasteiger partial charge in [0.05, 0.1) is 18.8 Å². The monoisotopic (exact) mass is 398 g/mol. The fourth-order valence-electron chi connectivity index (χ4n) is 2.89. The van der Waals surface area contributed by atoms with Gasteiger partial charge in [-0.1, -0.05) is 52.4 Å². The molecule has 0 aromatic heterocycles. The summed E-state index contributed by atoms with van der Waals surface area (Å²) in [6, 6.07) is 14.3. The highest BCUT2D eigenvalue weighted by molar-refractivity contribution is 5.91. The number of carbonyl (C=O) groups excluding carboxylic acids is 1. The molecule has 29 heavy (non-hydrogen) atoms. The van der Waals surface area contributed by atoms with Gasteiger partial charge in [-0.15, -0.1) is 0 Å². The van der Waals surface area contributed by atoms with E-state index in [1.54, 1.807) is 24.3 Å². The van der Waals surface area contributed by atoms with E-state index >= 15 is 0 Å². The van der Waals surface area contributed by atoms with Crippen LogP contribution < -0.4 is 14.2 Å². The van der Waals surface area contributed by atoms with Crippen molar-refractivity contribution in [1.29, 1.82) is 0 Å². The summed E-state index contributed by atoms with van der Waals surface area (Å²) in [5.74, 6) is 1.69. The summed E-state index contributed by atoms with van der Waals surface area (Å²) in [5.41, 5.74) is 0.500. The first-order valence-corrected chi connectivity index (χ1v) is 10.9. The molecule has 0 aliphatic carbocycles. The van der Waals surface area contributed by atoms with Crippen LogP contribution in [0, 0.1) is 0 Å². The van der Waals surface area contributed by atoms with Crippen LogP contribution in [0.3, 0.4) is 0 Å². The van der Waals surface area contributed by atoms with Crippen molar-refractivity contribution < 1.29 is 19.0 Å². The number of hydrogen-bond acceptors (Lipinski definition) is 4. The number of esters is 1. The molecule has 0 heterocycles. The second-order valence-electron chi connectivity index (χ2n) is 7.20. The summed E-state index contributed by atoms with van der Waals surface area (Å²) in [7, 11) is 0. The maximum absolute atomic E-state index is 12.3. The van der Waals surface area contributed by atoms with Crippen LogP contribution in [0.5, 0.6) is 17.2 Å². The van der Waals surface area contributed by atoms with E-state index < -0.39 is 0 Å². The second-order valence-corrected chi connectivity index (χ2v) is 7.20. The van der Waals surface area contributed by atoms with E-state index in [0.29, 0.717) is 24.5 Å². The molecule has 0 fully saturated rings. The molecule has 4 nitrogen and oxygen atoms in total. The summed E-state index contributed by atoms with van der Waals surface area (Å²) in [5, 5.41) is 0. The number of hydrogen-bond donors (Lipinski definition) is 0. The van der Waals surface area contributed by atoms with Gasteiger partial charge in [-0.05, 0) is 61.4 Å². The van der Waals surface area contributed by atoms with Crippen LogP contribution in [0.25, 0.3) is 0 Å². The third kappa shape index (κ3) is 9.03. The molecule has 0 saturated carbocycles. The topological polar surface area (TPSA) is 44.8 Å². The summed E-state index contributed by atoms with van der Waals surface area (Å²) in [6.07, 6.45) is 9.39. The normalized spacial score (nSPS) is 10.6. The first-order chi connectivity index (χ1) is 14.2. The van der Waals surface area contributed by atoms with E-state index in [9.17, 15) is 4.79 Å². The van der Waals surface area contributed by atoms with Crippen LogP contribution in [0.2, 0.25) is 0 Å². The number of carbonyl (C=O) groups is 1. The maximum Gasteiger partial charge on any atom is 0.343 e. The Labute approximate surface area is 175 Å². The van der Waals surface area contributed by atoms with Gasteiger partial charge in [0.15, 0.2) is 0 Å². The van der Waals surface area contributed by atoms with E-state index in [0.717, 1.165) is 24.3 Å². The Hall–Kier alpha value is -2.49. The molecule has 0 amide bonds. The predicted molar refractivity (Wildman–Crippen MR) is 117 cm³/mol. The van der Waals surface area contributed by atoms with Crippen molar-refractivity contribution in [3.05, 3.63) is 54.1 Å². The highest BCUT2D eigenvalue weighted by Crippen LogP contribution is 2.20. The molecule has 0 radical (unpaired) electrons. The lowest BCUT2D eigenvalue weighted by Crippen LogP contribution is -2.08. The first kappa shape index (κ1) is 22.8. The van der Waals surface area contributed by atoms with Crippen molar-refractivity contribution in [1.82, 2.24) is 0 Å². The number of rotatable bonds is 14. The predicted octanol–water partition coefficient (Wildman–Crippen LogP) is 6.82. The van der Waals surface area contributed by atoms with Crippen molar-refractivity contribution in [2.24, 2.45) is 0 Å². The zero-order valence-corrected chi connectivity index (χ0v) is 17.8. The van der Waals surface area contributed by atoms with Gasteiger partial charge >= 0.3 is 5.97 Å². The first-order valence-electron chi connectivity index (χ1n) is 10.9. The van der Waals surface area contributed by atoms with E-state index in [2.05, 4.69) is 13.8 Å². The van der Waals surface area contributed by atoms with Crippen LogP contribution >= 0.6 is 0 Å². The van der Waals surface area contributed by atoms with Gasteiger partial charge in [0.1, 0.15) is 17.2 Å². The molecule has 0 unspecified atom stereocenters. The van der Waals surface area contributed by atoms with E-state index in [1.807, 2.05) is 24.3 Å². The molecule has 0 N–H and O–H groups in total. The Morgan fingerprint density at radius 2 is 1.07 bits per heavy atom. The van der Waals surface area contributed by atoms with Gasteiger partial charge in [0, 0.05) is 0 Å².